The van der Waals surface area contributed by atoms with E-state index < -0.39 is 5.99 Å². The fourth-order valence-electron chi connectivity index (χ4n) is 1.61. The van der Waals surface area contributed by atoms with E-state index in [9.17, 15) is 0 Å². The van der Waals surface area contributed by atoms with Crippen LogP contribution in [0.4, 0.5) is 0 Å². The third-order valence-corrected chi connectivity index (χ3v) is 5.03. The second kappa shape index (κ2) is 3.92. The average molecular weight is 303 g/mol. The molecule has 2 aromatic rings. The van der Waals surface area contributed by atoms with Gasteiger partial charge in [-0.3, -0.25) is 0 Å². The zero-order valence-corrected chi connectivity index (χ0v) is 11.5. The molecule has 1 aliphatic rings. The third-order valence-electron chi connectivity index (χ3n) is 2.33. The molecule has 3 nitrogen and oxygen atoms in total. The second-order valence-corrected chi connectivity index (χ2v) is 9.70. The summed E-state index contributed by atoms with van der Waals surface area (Å²) < 4.78 is 16.6. The van der Waals surface area contributed by atoms with Crippen molar-refractivity contribution in [3.8, 4) is 17.2 Å². The summed E-state index contributed by atoms with van der Waals surface area (Å²) >= 11 is 12.5. The third kappa shape index (κ3) is 2.22. The molecule has 0 spiro atoms. The molecule has 0 N–H and O–H groups in total. The zero-order chi connectivity index (χ0) is 12.7. The molecule has 2 aromatic carbocycles. The molecule has 0 amide bonds. The number of fused-ring (bicyclic) bond motifs is 1. The van der Waals surface area contributed by atoms with Gasteiger partial charge in [0.25, 0.3) is 0 Å². The van der Waals surface area contributed by atoms with Gasteiger partial charge < -0.3 is 0 Å². The first-order valence-corrected chi connectivity index (χ1v) is 9.04. The summed E-state index contributed by atoms with van der Waals surface area (Å²) in [7, 11) is 0. The Hall–Kier alpha value is -1.15. The fourth-order valence-corrected chi connectivity index (χ4v) is 4.47. The van der Waals surface area contributed by atoms with Crippen molar-refractivity contribution in [1.82, 2.24) is 0 Å². The summed E-state index contributed by atoms with van der Waals surface area (Å²) in [6, 6.07) is 16.0. The molecule has 0 radical (unpaired) electrons. The van der Waals surface area contributed by atoms with Crippen LogP contribution in [0.2, 0.25) is 0 Å². The van der Waals surface area contributed by atoms with Crippen molar-refractivity contribution >= 4 is 28.5 Å². The topological polar surface area (TPSA) is 27.7 Å². The Morgan fingerprint density at radius 3 is 1.83 bits per heavy atom. The molecular formula is C12H9Cl2O3P. The summed E-state index contributed by atoms with van der Waals surface area (Å²) in [5, 5.41) is 0. The van der Waals surface area contributed by atoms with Crippen molar-refractivity contribution in [3.05, 3.63) is 54.6 Å². The predicted molar refractivity (Wildman–Crippen MR) is 73.4 cm³/mol. The molecule has 0 saturated carbocycles. The van der Waals surface area contributed by atoms with Crippen molar-refractivity contribution < 1.29 is 13.6 Å². The number of halogens is 2. The van der Waals surface area contributed by atoms with Crippen LogP contribution in [0.5, 0.6) is 17.2 Å². The van der Waals surface area contributed by atoms with Crippen LogP contribution in [-0.2, 0) is 0 Å². The Balaban J connectivity index is 1.92. The minimum absolute atomic E-state index is 0.482. The molecule has 0 aliphatic carbocycles. The monoisotopic (exact) mass is 302 g/mol. The predicted octanol–water partition coefficient (Wildman–Crippen LogP) is 5.14. The Kier molecular flexibility index (Phi) is 2.60. The van der Waals surface area contributed by atoms with Gasteiger partial charge in [0.1, 0.15) is 0 Å². The second-order valence-electron chi connectivity index (χ2n) is 3.74. The molecular weight excluding hydrogens is 294 g/mol. The van der Waals surface area contributed by atoms with Gasteiger partial charge in [0.15, 0.2) is 0 Å². The van der Waals surface area contributed by atoms with Crippen molar-refractivity contribution in [3.63, 3.8) is 0 Å². The van der Waals surface area contributed by atoms with E-state index in [4.69, 9.17) is 36.1 Å². The molecule has 94 valence electrons. The number of benzene rings is 2. The van der Waals surface area contributed by atoms with Crippen molar-refractivity contribution in [1.29, 1.82) is 0 Å². The van der Waals surface area contributed by atoms with Crippen LogP contribution in [-0.4, -0.2) is 0 Å². The molecule has 0 atom stereocenters. The number of rotatable bonds is 2. The van der Waals surface area contributed by atoms with Gasteiger partial charge in [-0.25, -0.2) is 0 Å². The van der Waals surface area contributed by atoms with Crippen molar-refractivity contribution in [2.24, 2.45) is 0 Å². The van der Waals surface area contributed by atoms with E-state index in [0.717, 1.165) is 0 Å². The van der Waals surface area contributed by atoms with Crippen LogP contribution in [0.3, 0.4) is 0 Å². The van der Waals surface area contributed by atoms with Gasteiger partial charge in [0.05, 0.1) is 0 Å². The molecule has 0 saturated heterocycles. The first-order chi connectivity index (χ1) is 8.53. The van der Waals surface area contributed by atoms with E-state index in [2.05, 4.69) is 0 Å². The molecule has 3 rings (SSSR count). The van der Waals surface area contributed by atoms with Gasteiger partial charge >= 0.3 is 114 Å². The summed E-state index contributed by atoms with van der Waals surface area (Å²) in [5.41, 5.74) is 0. The first kappa shape index (κ1) is 11.9. The van der Waals surface area contributed by atoms with E-state index in [1.165, 1.54) is 0 Å². The van der Waals surface area contributed by atoms with Crippen LogP contribution in [0.25, 0.3) is 0 Å². The molecule has 0 bridgehead atoms. The van der Waals surface area contributed by atoms with E-state index in [1.54, 1.807) is 36.4 Å². The first-order valence-electron chi connectivity index (χ1n) is 5.24. The standard InChI is InChI=1S/C12H9Cl2O3P/c13-18(14,15-10-6-2-1-3-7-10)16-11-8-4-5-9-12(11)17-18/h1-9H. The van der Waals surface area contributed by atoms with Gasteiger partial charge in [-0.2, -0.15) is 0 Å². The van der Waals surface area contributed by atoms with E-state index in [0.29, 0.717) is 17.2 Å². The van der Waals surface area contributed by atoms with Crippen LogP contribution in [0.15, 0.2) is 54.6 Å². The molecule has 0 fully saturated rings. The molecule has 18 heavy (non-hydrogen) atoms. The van der Waals surface area contributed by atoms with Crippen LogP contribution in [0, 0.1) is 0 Å². The maximum atomic E-state index is 6.26. The van der Waals surface area contributed by atoms with Crippen LogP contribution in [0.1, 0.15) is 0 Å². The van der Waals surface area contributed by atoms with Gasteiger partial charge in [0.2, 0.25) is 0 Å². The SMILES string of the molecule is ClP1(Cl)(Oc2ccccc2)Oc2ccccc2O1. The summed E-state index contributed by atoms with van der Waals surface area (Å²) in [6.45, 7) is 0. The number of hydrogen-bond acceptors (Lipinski definition) is 3. The Morgan fingerprint density at radius 2 is 1.28 bits per heavy atom. The molecule has 6 heteroatoms. The average Bonchev–Trinajstić information content (AvgIpc) is 2.60. The van der Waals surface area contributed by atoms with Crippen molar-refractivity contribution in [2.75, 3.05) is 0 Å². The minimum atomic E-state index is -4.16. The van der Waals surface area contributed by atoms with Gasteiger partial charge in [0, 0.05) is 0 Å². The van der Waals surface area contributed by atoms with Crippen LogP contribution < -0.4 is 13.6 Å². The van der Waals surface area contributed by atoms with E-state index >= 15 is 0 Å². The van der Waals surface area contributed by atoms with Crippen molar-refractivity contribution in [2.45, 2.75) is 0 Å². The molecule has 1 heterocycles. The van der Waals surface area contributed by atoms with Crippen LogP contribution >= 0.6 is 28.5 Å². The van der Waals surface area contributed by atoms with Gasteiger partial charge in [-0.05, 0) is 0 Å². The van der Waals surface area contributed by atoms with Gasteiger partial charge in [-0.1, -0.05) is 0 Å². The molecule has 0 unspecified atom stereocenters. The number of para-hydroxylation sites is 3. The fraction of sp³-hybridized carbons (Fsp3) is 0. The Bertz CT molecular complexity index is 560. The summed E-state index contributed by atoms with van der Waals surface area (Å²) in [6.07, 6.45) is 0. The maximum absolute atomic E-state index is 6.26. The number of hydrogen-bond donors (Lipinski definition) is 0. The Morgan fingerprint density at radius 1 is 0.778 bits per heavy atom. The molecule has 1 aliphatic heterocycles. The van der Waals surface area contributed by atoms with Gasteiger partial charge in [-0.15, -0.1) is 0 Å². The summed E-state index contributed by atoms with van der Waals surface area (Å²) in [5.74, 6) is -2.71. The van der Waals surface area contributed by atoms with E-state index in [1.807, 2.05) is 18.2 Å². The zero-order valence-electron chi connectivity index (χ0n) is 9.12. The normalized spacial score (nSPS) is 20.7. The quantitative estimate of drug-likeness (QED) is 0.719. The van der Waals surface area contributed by atoms with E-state index in [-0.39, 0.29) is 0 Å². The Labute approximate surface area is 114 Å². The summed E-state index contributed by atoms with van der Waals surface area (Å²) in [4.78, 5) is 0. The molecule has 0 aromatic heterocycles.